The van der Waals surface area contributed by atoms with Gasteiger partial charge in [0.05, 0.1) is 11.5 Å². The lowest BCUT2D eigenvalue weighted by Gasteiger charge is -2.01. The van der Waals surface area contributed by atoms with Crippen LogP contribution in [-0.4, -0.2) is 16.1 Å². The van der Waals surface area contributed by atoms with E-state index in [2.05, 4.69) is 9.31 Å². The van der Waals surface area contributed by atoms with Gasteiger partial charge in [-0.1, -0.05) is 0 Å². The average molecular weight is 130 g/mol. The summed E-state index contributed by atoms with van der Waals surface area (Å²) >= 11 is 0. The summed E-state index contributed by atoms with van der Waals surface area (Å²) in [7, 11) is 9.74. The predicted octanol–water partition coefficient (Wildman–Crippen LogP) is 0.611. The highest BCUT2D eigenvalue weighted by atomic mass is 16.4. The van der Waals surface area contributed by atoms with E-state index in [1.165, 1.54) is 0 Å². The lowest BCUT2D eigenvalue weighted by Crippen LogP contribution is -1.86. The molecule has 0 aliphatic heterocycles. The molecule has 1 aromatic rings. The molecular formula is C6H4B2O2. The normalized spacial score (nSPS) is 8.80. The van der Waals surface area contributed by atoms with Crippen molar-refractivity contribution in [2.45, 2.75) is 0 Å². The molecule has 4 heteroatoms. The molecule has 0 heterocycles. The lowest BCUT2D eigenvalue weighted by molar-refractivity contribution is 0.598. The van der Waals surface area contributed by atoms with Gasteiger partial charge >= 0.3 is 16.1 Å². The van der Waals surface area contributed by atoms with E-state index in [0.717, 1.165) is 0 Å². The lowest BCUT2D eigenvalue weighted by atomic mass is 10.3. The Labute approximate surface area is 62.0 Å². The zero-order chi connectivity index (χ0) is 7.40. The zero-order valence-corrected chi connectivity index (χ0v) is 5.28. The first-order chi connectivity index (χ1) is 4.86. The molecule has 1 rings (SSSR count). The number of hydrogen-bond donors (Lipinski definition) is 0. The second kappa shape index (κ2) is 3.20. The van der Waals surface area contributed by atoms with Gasteiger partial charge in [-0.25, -0.2) is 0 Å². The first-order valence-corrected chi connectivity index (χ1v) is 2.70. The van der Waals surface area contributed by atoms with Crippen LogP contribution in [0, 0.1) is 0 Å². The molecular weight excluding hydrogens is 126 g/mol. The highest BCUT2D eigenvalue weighted by Crippen LogP contribution is 2.15. The van der Waals surface area contributed by atoms with Gasteiger partial charge in [0.1, 0.15) is 0 Å². The fourth-order valence-electron chi connectivity index (χ4n) is 0.597. The third-order valence-electron chi connectivity index (χ3n) is 1.10. The molecule has 0 spiro atoms. The second-order valence-corrected chi connectivity index (χ2v) is 1.71. The molecule has 0 aromatic heterocycles. The highest BCUT2D eigenvalue weighted by molar-refractivity contribution is 6.00. The largest absolute Gasteiger partial charge is 0.568 e. The van der Waals surface area contributed by atoms with Crippen molar-refractivity contribution >= 4 is 16.1 Å². The maximum absolute atomic E-state index is 4.87. The summed E-state index contributed by atoms with van der Waals surface area (Å²) in [5, 5.41) is 0. The Morgan fingerprint density at radius 2 is 1.10 bits per heavy atom. The van der Waals surface area contributed by atoms with Crippen LogP contribution in [0.2, 0.25) is 0 Å². The van der Waals surface area contributed by atoms with Crippen LogP contribution in [0.15, 0.2) is 24.3 Å². The van der Waals surface area contributed by atoms with Crippen LogP contribution >= 0.6 is 0 Å². The molecule has 2 nitrogen and oxygen atoms in total. The van der Waals surface area contributed by atoms with E-state index in [0.29, 0.717) is 11.5 Å². The van der Waals surface area contributed by atoms with Crippen molar-refractivity contribution in [2.24, 2.45) is 0 Å². The summed E-state index contributed by atoms with van der Waals surface area (Å²) in [6.07, 6.45) is 0. The van der Waals surface area contributed by atoms with Crippen LogP contribution in [-0.2, 0) is 0 Å². The van der Waals surface area contributed by atoms with E-state index in [1.807, 2.05) is 0 Å². The molecule has 10 heavy (non-hydrogen) atoms. The Balaban J connectivity index is 2.80. The van der Waals surface area contributed by atoms with Crippen LogP contribution in [0.1, 0.15) is 0 Å². The SMILES string of the molecule is [B]Oc1ccc(O[B])cc1. The van der Waals surface area contributed by atoms with E-state index in [-0.39, 0.29) is 0 Å². The highest BCUT2D eigenvalue weighted by Gasteiger charge is 1.89. The van der Waals surface area contributed by atoms with Gasteiger partial charge in [-0.2, -0.15) is 0 Å². The van der Waals surface area contributed by atoms with Crippen LogP contribution in [0.5, 0.6) is 11.5 Å². The van der Waals surface area contributed by atoms with Crippen molar-refractivity contribution in [1.82, 2.24) is 0 Å². The molecule has 0 unspecified atom stereocenters. The molecule has 0 fully saturated rings. The minimum atomic E-state index is 0.570. The summed E-state index contributed by atoms with van der Waals surface area (Å²) < 4.78 is 8.83. The molecule has 0 bridgehead atoms. The van der Waals surface area contributed by atoms with Gasteiger partial charge in [0.2, 0.25) is 0 Å². The molecule has 0 aliphatic carbocycles. The average Bonchev–Trinajstić information content (AvgIpc) is 2.05. The van der Waals surface area contributed by atoms with Crippen molar-refractivity contribution in [3.63, 3.8) is 0 Å². The first kappa shape index (κ1) is 7.06. The first-order valence-electron chi connectivity index (χ1n) is 2.70. The smallest absolute Gasteiger partial charge is 0.374 e. The second-order valence-electron chi connectivity index (χ2n) is 1.71. The van der Waals surface area contributed by atoms with Gasteiger partial charge in [-0.3, -0.25) is 0 Å². The van der Waals surface area contributed by atoms with Crippen LogP contribution < -0.4 is 9.31 Å². The van der Waals surface area contributed by atoms with Gasteiger partial charge in [-0.05, 0) is 24.3 Å². The Morgan fingerprint density at radius 1 is 0.800 bits per heavy atom. The molecule has 0 amide bonds. The van der Waals surface area contributed by atoms with Gasteiger partial charge in [0, 0.05) is 0 Å². The van der Waals surface area contributed by atoms with Crippen LogP contribution in [0.4, 0.5) is 0 Å². The molecule has 0 saturated heterocycles. The van der Waals surface area contributed by atoms with E-state index in [4.69, 9.17) is 16.1 Å². The monoisotopic (exact) mass is 130 g/mol. The van der Waals surface area contributed by atoms with Crippen molar-refractivity contribution < 1.29 is 9.31 Å². The molecule has 0 N–H and O–H groups in total. The van der Waals surface area contributed by atoms with Crippen molar-refractivity contribution in [3.05, 3.63) is 24.3 Å². The maximum atomic E-state index is 4.87. The Hall–Kier alpha value is -1.05. The van der Waals surface area contributed by atoms with Crippen molar-refractivity contribution in [2.75, 3.05) is 0 Å². The number of rotatable bonds is 2. The fourth-order valence-corrected chi connectivity index (χ4v) is 0.597. The van der Waals surface area contributed by atoms with Gasteiger partial charge < -0.3 is 9.31 Å². The Kier molecular flexibility index (Phi) is 2.26. The predicted molar refractivity (Wildman–Crippen MR) is 39.2 cm³/mol. The molecule has 0 aliphatic rings. The minimum absolute atomic E-state index is 0.570. The Bertz CT molecular complexity index is 174. The summed E-state index contributed by atoms with van der Waals surface area (Å²) in [6, 6.07) is 6.62. The topological polar surface area (TPSA) is 18.5 Å². The van der Waals surface area contributed by atoms with Crippen molar-refractivity contribution in [1.29, 1.82) is 0 Å². The summed E-state index contributed by atoms with van der Waals surface area (Å²) in [5.74, 6) is 1.14. The van der Waals surface area contributed by atoms with E-state index in [9.17, 15) is 0 Å². The molecule has 0 atom stereocenters. The van der Waals surface area contributed by atoms with Gasteiger partial charge in [0.25, 0.3) is 0 Å². The number of benzene rings is 1. The Morgan fingerprint density at radius 3 is 1.30 bits per heavy atom. The molecule has 1 aromatic carbocycles. The quantitative estimate of drug-likeness (QED) is 0.545. The minimum Gasteiger partial charge on any atom is -0.568 e. The third kappa shape index (κ3) is 1.47. The van der Waals surface area contributed by atoms with Crippen molar-refractivity contribution in [3.8, 4) is 11.5 Å². The van der Waals surface area contributed by atoms with E-state index < -0.39 is 0 Å². The summed E-state index contributed by atoms with van der Waals surface area (Å²) in [4.78, 5) is 0. The van der Waals surface area contributed by atoms with Crippen LogP contribution in [0.25, 0.3) is 0 Å². The summed E-state index contributed by atoms with van der Waals surface area (Å²) in [5.41, 5.74) is 0. The van der Waals surface area contributed by atoms with Gasteiger partial charge in [-0.15, -0.1) is 0 Å². The molecule has 46 valence electrons. The third-order valence-corrected chi connectivity index (χ3v) is 1.10. The fraction of sp³-hybridized carbons (Fsp3) is 0. The molecule has 0 saturated carbocycles. The van der Waals surface area contributed by atoms with Crippen LogP contribution in [0.3, 0.4) is 0 Å². The van der Waals surface area contributed by atoms with E-state index in [1.54, 1.807) is 24.3 Å². The maximum Gasteiger partial charge on any atom is 0.374 e. The number of hydrogen-bond acceptors (Lipinski definition) is 2. The summed E-state index contributed by atoms with van der Waals surface area (Å²) in [6.45, 7) is 0. The van der Waals surface area contributed by atoms with Gasteiger partial charge in [0.15, 0.2) is 0 Å². The van der Waals surface area contributed by atoms with E-state index >= 15 is 0 Å². The molecule has 4 radical (unpaired) electrons. The standard InChI is InChI=1S/C6H4B2O2/c7-9-5-1-2-6(10-8)4-3-5/h1-4H. The zero-order valence-electron chi connectivity index (χ0n) is 5.28.